The fourth-order valence-electron chi connectivity index (χ4n) is 1.91. The molecule has 15 heavy (non-hydrogen) atoms. The van der Waals surface area contributed by atoms with Crippen molar-refractivity contribution in [3.05, 3.63) is 66.0 Å². The average Bonchev–Trinajstić information content (AvgIpc) is 2.84. The van der Waals surface area contributed by atoms with Crippen LogP contribution in [0.4, 0.5) is 0 Å². The van der Waals surface area contributed by atoms with Crippen LogP contribution in [0, 0.1) is 0 Å². The van der Waals surface area contributed by atoms with Gasteiger partial charge in [0, 0.05) is 17.8 Å². The topological polar surface area (TPSA) is 22.0 Å². The Bertz CT molecular complexity index is 549. The zero-order chi connectivity index (χ0) is 10.3. The van der Waals surface area contributed by atoms with E-state index in [0.717, 1.165) is 16.8 Å². The minimum absolute atomic E-state index is 0.0360. The van der Waals surface area contributed by atoms with Crippen molar-refractivity contribution in [2.75, 3.05) is 0 Å². The molecule has 0 saturated carbocycles. The van der Waals surface area contributed by atoms with Gasteiger partial charge in [-0.15, -0.1) is 0 Å². The van der Waals surface area contributed by atoms with Crippen LogP contribution in [0.1, 0.15) is 16.1 Å². The number of carbonyl (C=O) groups is 1. The molecule has 2 nitrogen and oxygen atoms in total. The highest BCUT2D eigenvalue weighted by Gasteiger charge is 2.20. The van der Waals surface area contributed by atoms with Gasteiger partial charge in [0.05, 0.1) is 5.69 Å². The molecule has 2 heterocycles. The first-order valence-corrected chi connectivity index (χ1v) is 4.85. The minimum Gasteiger partial charge on any atom is -0.284 e. The number of nitrogens with zero attached hydrogens (tertiary/aromatic N) is 1. The van der Waals surface area contributed by atoms with Crippen molar-refractivity contribution >= 4 is 11.5 Å². The highest BCUT2D eigenvalue weighted by Crippen LogP contribution is 2.28. The van der Waals surface area contributed by atoms with Crippen LogP contribution in [0.15, 0.2) is 54.7 Å². The summed E-state index contributed by atoms with van der Waals surface area (Å²) >= 11 is 0. The standard InChI is InChI=1S/C13H9NO/c15-13-9-11(10-5-2-1-3-6-10)12-7-4-8-14(12)13/h1-9H. The quantitative estimate of drug-likeness (QED) is 0.685. The van der Waals surface area contributed by atoms with Crippen LogP contribution < -0.4 is 0 Å². The van der Waals surface area contributed by atoms with E-state index in [1.54, 1.807) is 16.8 Å². The molecule has 0 bridgehead atoms. The van der Waals surface area contributed by atoms with E-state index in [2.05, 4.69) is 0 Å². The molecule has 1 aliphatic rings. The van der Waals surface area contributed by atoms with E-state index in [1.807, 2.05) is 42.5 Å². The third-order valence-electron chi connectivity index (χ3n) is 2.61. The Hall–Kier alpha value is -2.09. The number of fused-ring (bicyclic) bond motifs is 1. The Morgan fingerprint density at radius 2 is 1.73 bits per heavy atom. The van der Waals surface area contributed by atoms with E-state index < -0.39 is 0 Å². The van der Waals surface area contributed by atoms with E-state index in [4.69, 9.17) is 0 Å². The largest absolute Gasteiger partial charge is 0.284 e. The number of rotatable bonds is 1. The summed E-state index contributed by atoms with van der Waals surface area (Å²) in [6.07, 6.45) is 3.48. The van der Waals surface area contributed by atoms with Gasteiger partial charge < -0.3 is 0 Å². The van der Waals surface area contributed by atoms with Crippen LogP contribution in [-0.2, 0) is 0 Å². The van der Waals surface area contributed by atoms with E-state index in [1.165, 1.54) is 0 Å². The third-order valence-corrected chi connectivity index (χ3v) is 2.61. The van der Waals surface area contributed by atoms with Gasteiger partial charge in [0.2, 0.25) is 0 Å². The second-order valence-corrected chi connectivity index (χ2v) is 3.53. The first-order valence-electron chi connectivity index (χ1n) is 4.85. The van der Waals surface area contributed by atoms with Gasteiger partial charge in [-0.3, -0.25) is 9.36 Å². The van der Waals surface area contributed by atoms with E-state index in [-0.39, 0.29) is 5.91 Å². The van der Waals surface area contributed by atoms with Crippen LogP contribution in [0.3, 0.4) is 0 Å². The summed E-state index contributed by atoms with van der Waals surface area (Å²) in [6, 6.07) is 13.8. The Morgan fingerprint density at radius 3 is 2.53 bits per heavy atom. The molecule has 0 N–H and O–H groups in total. The minimum atomic E-state index is 0.0360. The van der Waals surface area contributed by atoms with Gasteiger partial charge in [0.1, 0.15) is 0 Å². The molecule has 0 radical (unpaired) electrons. The maximum Gasteiger partial charge on any atom is 0.255 e. The van der Waals surface area contributed by atoms with E-state index in [0.29, 0.717) is 0 Å². The fraction of sp³-hybridized carbons (Fsp3) is 0. The highest BCUT2D eigenvalue weighted by molar-refractivity contribution is 6.06. The number of hydrogen-bond donors (Lipinski definition) is 0. The Morgan fingerprint density at radius 1 is 0.933 bits per heavy atom. The lowest BCUT2D eigenvalue weighted by Crippen LogP contribution is -2.00. The molecular formula is C13H9NO. The number of benzene rings is 1. The van der Waals surface area contributed by atoms with Crippen molar-refractivity contribution in [1.29, 1.82) is 0 Å². The first kappa shape index (κ1) is 8.24. The summed E-state index contributed by atoms with van der Waals surface area (Å²) < 4.78 is 1.67. The van der Waals surface area contributed by atoms with E-state index >= 15 is 0 Å². The lowest BCUT2D eigenvalue weighted by atomic mass is 10.0. The second-order valence-electron chi connectivity index (χ2n) is 3.53. The summed E-state index contributed by atoms with van der Waals surface area (Å²) in [7, 11) is 0. The predicted octanol–water partition coefficient (Wildman–Crippen LogP) is 2.57. The zero-order valence-electron chi connectivity index (χ0n) is 8.05. The summed E-state index contributed by atoms with van der Waals surface area (Å²) in [5.41, 5.74) is 3.07. The monoisotopic (exact) mass is 195 g/mol. The molecule has 0 atom stereocenters. The lowest BCUT2D eigenvalue weighted by Gasteiger charge is -2.01. The maximum atomic E-state index is 11.6. The number of hydrogen-bond acceptors (Lipinski definition) is 1. The fourth-order valence-corrected chi connectivity index (χ4v) is 1.91. The number of carbonyl (C=O) groups excluding carboxylic acids is 1. The molecule has 2 aromatic rings. The molecule has 1 aliphatic heterocycles. The molecule has 0 amide bonds. The summed E-state index contributed by atoms with van der Waals surface area (Å²) in [5, 5.41) is 0. The van der Waals surface area contributed by atoms with Crippen molar-refractivity contribution < 1.29 is 4.79 Å². The van der Waals surface area contributed by atoms with Crippen molar-refractivity contribution in [3.63, 3.8) is 0 Å². The molecule has 0 spiro atoms. The van der Waals surface area contributed by atoms with Crippen LogP contribution in [0.5, 0.6) is 0 Å². The molecular weight excluding hydrogens is 186 g/mol. The second kappa shape index (κ2) is 2.95. The SMILES string of the molecule is O=C1C=C(c2ccccc2)c2cccn21. The molecule has 0 fully saturated rings. The molecule has 1 aromatic carbocycles. The summed E-state index contributed by atoms with van der Waals surface area (Å²) in [5.74, 6) is 0.0360. The average molecular weight is 195 g/mol. The van der Waals surface area contributed by atoms with Crippen LogP contribution in [0.25, 0.3) is 5.57 Å². The van der Waals surface area contributed by atoms with Crippen molar-refractivity contribution in [1.82, 2.24) is 4.57 Å². The Balaban J connectivity index is 2.18. The van der Waals surface area contributed by atoms with Gasteiger partial charge in [-0.25, -0.2) is 0 Å². The molecule has 0 unspecified atom stereocenters. The predicted molar refractivity (Wildman–Crippen MR) is 58.6 cm³/mol. The van der Waals surface area contributed by atoms with Crippen molar-refractivity contribution in [3.8, 4) is 0 Å². The van der Waals surface area contributed by atoms with Crippen molar-refractivity contribution in [2.24, 2.45) is 0 Å². The Labute approximate surface area is 87.5 Å². The van der Waals surface area contributed by atoms with Gasteiger partial charge in [-0.2, -0.15) is 0 Å². The smallest absolute Gasteiger partial charge is 0.255 e. The van der Waals surface area contributed by atoms with Gasteiger partial charge in [0.25, 0.3) is 5.91 Å². The molecule has 0 aliphatic carbocycles. The first-order chi connectivity index (χ1) is 7.36. The summed E-state index contributed by atoms with van der Waals surface area (Å²) in [6.45, 7) is 0. The molecule has 1 aromatic heterocycles. The Kier molecular flexibility index (Phi) is 1.62. The number of allylic oxidation sites excluding steroid dienone is 1. The zero-order valence-corrected chi connectivity index (χ0v) is 8.05. The van der Waals surface area contributed by atoms with Gasteiger partial charge in [-0.1, -0.05) is 30.3 Å². The van der Waals surface area contributed by atoms with Crippen LogP contribution >= 0.6 is 0 Å². The highest BCUT2D eigenvalue weighted by atomic mass is 16.2. The number of aromatic nitrogens is 1. The van der Waals surface area contributed by atoms with Crippen molar-refractivity contribution in [2.45, 2.75) is 0 Å². The lowest BCUT2D eigenvalue weighted by molar-refractivity contribution is 0.0974. The van der Waals surface area contributed by atoms with Crippen LogP contribution in [-0.4, -0.2) is 10.5 Å². The summed E-state index contributed by atoms with van der Waals surface area (Å²) in [4.78, 5) is 11.6. The maximum absolute atomic E-state index is 11.6. The molecule has 3 rings (SSSR count). The third kappa shape index (κ3) is 1.15. The van der Waals surface area contributed by atoms with Gasteiger partial charge in [-0.05, 0) is 17.7 Å². The molecule has 0 saturated heterocycles. The van der Waals surface area contributed by atoms with Gasteiger partial charge >= 0.3 is 0 Å². The van der Waals surface area contributed by atoms with E-state index in [9.17, 15) is 4.79 Å². The molecule has 72 valence electrons. The van der Waals surface area contributed by atoms with Gasteiger partial charge in [0.15, 0.2) is 0 Å². The molecule has 2 heteroatoms. The van der Waals surface area contributed by atoms with Crippen LogP contribution in [0.2, 0.25) is 0 Å². The normalized spacial score (nSPS) is 13.9.